The van der Waals surface area contributed by atoms with Gasteiger partial charge in [0.1, 0.15) is 11.9 Å². The van der Waals surface area contributed by atoms with Crippen molar-refractivity contribution in [1.29, 1.82) is 0 Å². The topological polar surface area (TPSA) is 24.5 Å². The van der Waals surface area contributed by atoms with Crippen molar-refractivity contribution < 1.29 is 4.74 Å². The maximum absolute atomic E-state index is 6.14. The van der Waals surface area contributed by atoms with Gasteiger partial charge in [0, 0.05) is 19.6 Å². The standard InChI is InChI=1S/C15H22N2O/c1-2-17-7-3-4-15(11-17)18-14-6-5-12-9-16-10-13(12)8-14/h5-6,8,15-16H,2-4,7,9-11H2,1H3. The summed E-state index contributed by atoms with van der Waals surface area (Å²) in [5, 5.41) is 3.37. The number of piperidine rings is 1. The second-order valence-corrected chi connectivity index (χ2v) is 5.31. The first kappa shape index (κ1) is 12.0. The molecule has 0 aromatic heterocycles. The molecule has 0 amide bonds. The van der Waals surface area contributed by atoms with E-state index < -0.39 is 0 Å². The molecule has 3 rings (SSSR count). The second-order valence-electron chi connectivity index (χ2n) is 5.31. The van der Waals surface area contributed by atoms with Crippen LogP contribution in [0.3, 0.4) is 0 Å². The molecule has 2 aliphatic rings. The minimum absolute atomic E-state index is 0.367. The van der Waals surface area contributed by atoms with Gasteiger partial charge in [0.05, 0.1) is 0 Å². The summed E-state index contributed by atoms with van der Waals surface area (Å²) in [4.78, 5) is 2.48. The van der Waals surface area contributed by atoms with Crippen molar-refractivity contribution in [3.8, 4) is 5.75 Å². The molecule has 0 spiro atoms. The van der Waals surface area contributed by atoms with Crippen LogP contribution in [0.4, 0.5) is 0 Å². The third-order valence-corrected chi connectivity index (χ3v) is 4.02. The van der Waals surface area contributed by atoms with E-state index in [9.17, 15) is 0 Å². The predicted octanol–water partition coefficient (Wildman–Crippen LogP) is 2.15. The molecular weight excluding hydrogens is 224 g/mol. The molecular formula is C15H22N2O. The van der Waals surface area contributed by atoms with E-state index in [4.69, 9.17) is 4.74 Å². The monoisotopic (exact) mass is 246 g/mol. The Balaban J connectivity index is 1.65. The highest BCUT2D eigenvalue weighted by molar-refractivity contribution is 5.37. The van der Waals surface area contributed by atoms with E-state index in [1.807, 2.05) is 0 Å². The van der Waals surface area contributed by atoms with Crippen molar-refractivity contribution >= 4 is 0 Å². The molecule has 3 heteroatoms. The van der Waals surface area contributed by atoms with Gasteiger partial charge in [-0.3, -0.25) is 4.90 Å². The van der Waals surface area contributed by atoms with Crippen molar-refractivity contribution in [2.24, 2.45) is 0 Å². The number of benzene rings is 1. The van der Waals surface area contributed by atoms with Crippen molar-refractivity contribution in [3.63, 3.8) is 0 Å². The summed E-state index contributed by atoms with van der Waals surface area (Å²) in [6.07, 6.45) is 2.81. The molecule has 1 saturated heterocycles. The van der Waals surface area contributed by atoms with Crippen LogP contribution in [0.15, 0.2) is 18.2 Å². The maximum Gasteiger partial charge on any atom is 0.120 e. The van der Waals surface area contributed by atoms with Crippen LogP contribution in [0.5, 0.6) is 5.75 Å². The number of rotatable bonds is 3. The molecule has 0 radical (unpaired) electrons. The number of likely N-dealkylation sites (tertiary alicyclic amines) is 1. The van der Waals surface area contributed by atoms with E-state index in [1.54, 1.807) is 0 Å². The summed E-state index contributed by atoms with van der Waals surface area (Å²) in [6, 6.07) is 6.53. The lowest BCUT2D eigenvalue weighted by atomic mass is 10.1. The van der Waals surface area contributed by atoms with Gasteiger partial charge in [0.15, 0.2) is 0 Å². The van der Waals surface area contributed by atoms with E-state index in [-0.39, 0.29) is 0 Å². The van der Waals surface area contributed by atoms with Crippen molar-refractivity contribution in [1.82, 2.24) is 10.2 Å². The highest BCUT2D eigenvalue weighted by Crippen LogP contribution is 2.24. The van der Waals surface area contributed by atoms with Gasteiger partial charge < -0.3 is 10.1 Å². The fourth-order valence-corrected chi connectivity index (χ4v) is 2.93. The average molecular weight is 246 g/mol. The third-order valence-electron chi connectivity index (χ3n) is 4.02. The van der Waals surface area contributed by atoms with Crippen LogP contribution < -0.4 is 10.1 Å². The van der Waals surface area contributed by atoms with Gasteiger partial charge in [-0.25, -0.2) is 0 Å². The summed E-state index contributed by atoms with van der Waals surface area (Å²) >= 11 is 0. The third kappa shape index (κ3) is 2.52. The molecule has 98 valence electrons. The van der Waals surface area contributed by atoms with Gasteiger partial charge >= 0.3 is 0 Å². The Morgan fingerprint density at radius 1 is 1.33 bits per heavy atom. The molecule has 2 aliphatic heterocycles. The van der Waals surface area contributed by atoms with Gasteiger partial charge in [-0.15, -0.1) is 0 Å². The molecule has 1 aromatic rings. The lowest BCUT2D eigenvalue weighted by Gasteiger charge is -2.32. The summed E-state index contributed by atoms with van der Waals surface area (Å²) in [7, 11) is 0. The van der Waals surface area contributed by atoms with Crippen molar-refractivity contribution in [2.75, 3.05) is 19.6 Å². The molecule has 0 bridgehead atoms. The number of nitrogens with one attached hydrogen (secondary N) is 1. The van der Waals surface area contributed by atoms with Crippen LogP contribution in [-0.4, -0.2) is 30.6 Å². The average Bonchev–Trinajstić information content (AvgIpc) is 2.86. The number of nitrogens with zero attached hydrogens (tertiary/aromatic N) is 1. The molecule has 0 saturated carbocycles. The van der Waals surface area contributed by atoms with Gasteiger partial charge in [-0.1, -0.05) is 13.0 Å². The molecule has 1 fully saturated rings. The lowest BCUT2D eigenvalue weighted by Crippen LogP contribution is -2.40. The zero-order valence-corrected chi connectivity index (χ0v) is 11.1. The van der Waals surface area contributed by atoms with Gasteiger partial charge in [-0.05, 0) is 49.2 Å². The highest BCUT2D eigenvalue weighted by atomic mass is 16.5. The Hall–Kier alpha value is -1.06. The zero-order chi connectivity index (χ0) is 12.4. The maximum atomic E-state index is 6.14. The van der Waals surface area contributed by atoms with Crippen LogP contribution in [-0.2, 0) is 13.1 Å². The molecule has 1 atom stereocenters. The molecule has 0 aliphatic carbocycles. The van der Waals surface area contributed by atoms with Crippen LogP contribution in [0.2, 0.25) is 0 Å². The fourth-order valence-electron chi connectivity index (χ4n) is 2.93. The van der Waals surface area contributed by atoms with E-state index in [2.05, 4.69) is 35.3 Å². The Kier molecular flexibility index (Phi) is 3.52. The Morgan fingerprint density at radius 3 is 3.11 bits per heavy atom. The number of hydrogen-bond donors (Lipinski definition) is 1. The minimum atomic E-state index is 0.367. The molecule has 1 aromatic carbocycles. The molecule has 1 unspecified atom stereocenters. The first-order valence-corrected chi connectivity index (χ1v) is 7.06. The summed E-state index contributed by atoms with van der Waals surface area (Å²) < 4.78 is 6.14. The van der Waals surface area contributed by atoms with E-state index >= 15 is 0 Å². The number of likely N-dealkylation sites (N-methyl/N-ethyl adjacent to an activating group) is 1. The Bertz CT molecular complexity index is 419. The van der Waals surface area contributed by atoms with Crippen molar-refractivity contribution in [3.05, 3.63) is 29.3 Å². The summed E-state index contributed by atoms with van der Waals surface area (Å²) in [6.45, 7) is 7.65. The first-order valence-electron chi connectivity index (χ1n) is 7.06. The number of ether oxygens (including phenoxy) is 1. The molecule has 18 heavy (non-hydrogen) atoms. The highest BCUT2D eigenvalue weighted by Gasteiger charge is 2.20. The van der Waals surface area contributed by atoms with Crippen LogP contribution in [0.1, 0.15) is 30.9 Å². The zero-order valence-electron chi connectivity index (χ0n) is 11.1. The van der Waals surface area contributed by atoms with E-state index in [1.165, 1.54) is 30.5 Å². The first-order chi connectivity index (χ1) is 8.85. The molecule has 3 nitrogen and oxygen atoms in total. The van der Waals surface area contributed by atoms with Crippen LogP contribution >= 0.6 is 0 Å². The van der Waals surface area contributed by atoms with Crippen LogP contribution in [0, 0.1) is 0 Å². The summed E-state index contributed by atoms with van der Waals surface area (Å²) in [5.74, 6) is 1.04. The summed E-state index contributed by atoms with van der Waals surface area (Å²) in [5.41, 5.74) is 2.82. The normalized spacial score (nSPS) is 23.9. The SMILES string of the molecule is CCN1CCCC(Oc2ccc3c(c2)CNC3)C1. The van der Waals surface area contributed by atoms with Gasteiger partial charge in [0.2, 0.25) is 0 Å². The number of fused-ring (bicyclic) bond motifs is 1. The van der Waals surface area contributed by atoms with Crippen molar-refractivity contribution in [2.45, 2.75) is 39.0 Å². The minimum Gasteiger partial charge on any atom is -0.489 e. The molecule has 2 heterocycles. The number of hydrogen-bond acceptors (Lipinski definition) is 3. The smallest absolute Gasteiger partial charge is 0.120 e. The fraction of sp³-hybridized carbons (Fsp3) is 0.600. The van der Waals surface area contributed by atoms with Gasteiger partial charge in [-0.2, -0.15) is 0 Å². The molecule has 1 N–H and O–H groups in total. The Morgan fingerprint density at radius 2 is 2.22 bits per heavy atom. The second kappa shape index (κ2) is 5.29. The van der Waals surface area contributed by atoms with E-state index in [0.717, 1.165) is 31.9 Å². The lowest BCUT2D eigenvalue weighted by molar-refractivity contribution is 0.0919. The Labute approximate surface area is 109 Å². The van der Waals surface area contributed by atoms with E-state index in [0.29, 0.717) is 6.10 Å². The predicted molar refractivity (Wildman–Crippen MR) is 72.7 cm³/mol. The quantitative estimate of drug-likeness (QED) is 0.884. The van der Waals surface area contributed by atoms with Gasteiger partial charge in [0.25, 0.3) is 0 Å². The van der Waals surface area contributed by atoms with Crippen LogP contribution in [0.25, 0.3) is 0 Å². The largest absolute Gasteiger partial charge is 0.489 e.